The van der Waals surface area contributed by atoms with Crippen LogP contribution in [0.1, 0.15) is 69.8 Å². The molecule has 0 unspecified atom stereocenters. The highest BCUT2D eigenvalue weighted by atomic mass is 35.5. The molecular weight excluding hydrogens is 547 g/mol. The topological polar surface area (TPSA) is 81.8 Å². The second-order valence-corrected chi connectivity index (χ2v) is 10.4. The Kier molecular flexibility index (Phi) is 6.70. The van der Waals surface area contributed by atoms with E-state index in [-0.39, 0.29) is 46.9 Å². The van der Waals surface area contributed by atoms with E-state index < -0.39 is 12.3 Å². The third kappa shape index (κ3) is 5.51. The van der Waals surface area contributed by atoms with Crippen LogP contribution in [0.2, 0.25) is 5.02 Å². The Morgan fingerprint density at radius 3 is 2.48 bits per heavy atom. The Bertz CT molecular complexity index is 1560. The van der Waals surface area contributed by atoms with Gasteiger partial charge >= 0.3 is 12.3 Å². The van der Waals surface area contributed by atoms with Crippen LogP contribution in [-0.4, -0.2) is 22.6 Å². The first-order valence-corrected chi connectivity index (χ1v) is 13.1. The maximum Gasteiger partial charge on any atom is 0.573 e. The molecule has 3 aromatic carbocycles. The molecular formula is C30H23ClF3NO5. The molecule has 0 aliphatic heterocycles. The van der Waals surface area contributed by atoms with E-state index in [4.69, 9.17) is 26.0 Å². The number of aromatic nitrogens is 1. The number of benzene rings is 3. The highest BCUT2D eigenvalue weighted by Crippen LogP contribution is 2.56. The van der Waals surface area contributed by atoms with Gasteiger partial charge in [-0.15, -0.1) is 13.2 Å². The van der Waals surface area contributed by atoms with E-state index >= 15 is 0 Å². The molecule has 0 saturated heterocycles. The molecule has 10 heteroatoms. The van der Waals surface area contributed by atoms with Crippen molar-refractivity contribution in [3.63, 3.8) is 0 Å². The molecule has 206 valence electrons. The van der Waals surface area contributed by atoms with Gasteiger partial charge in [0.1, 0.15) is 29.6 Å². The molecule has 2 fully saturated rings. The number of carboxylic acids is 1. The lowest BCUT2D eigenvalue weighted by Crippen LogP contribution is -2.17. The normalized spacial score (nSPS) is 18.4. The Balaban J connectivity index is 1.19. The van der Waals surface area contributed by atoms with Crippen LogP contribution in [0.25, 0.3) is 11.3 Å². The molecule has 0 bridgehead atoms. The molecule has 2 atom stereocenters. The average Bonchev–Trinajstić information content (AvgIpc) is 3.85. The summed E-state index contributed by atoms with van der Waals surface area (Å²) in [7, 11) is 0. The monoisotopic (exact) mass is 569 g/mol. The van der Waals surface area contributed by atoms with Crippen molar-refractivity contribution < 1.29 is 37.1 Å². The molecule has 0 amide bonds. The van der Waals surface area contributed by atoms with Gasteiger partial charge in [-0.05, 0) is 78.6 Å². The number of nitrogens with zero attached hydrogens (tertiary/aromatic N) is 1. The maximum absolute atomic E-state index is 13.0. The second kappa shape index (κ2) is 10.2. The summed E-state index contributed by atoms with van der Waals surface area (Å²) in [5.41, 5.74) is 3.28. The molecule has 40 heavy (non-hydrogen) atoms. The highest BCUT2D eigenvalue weighted by molar-refractivity contribution is 6.31. The van der Waals surface area contributed by atoms with Crippen molar-refractivity contribution in [3.8, 4) is 22.8 Å². The van der Waals surface area contributed by atoms with Crippen molar-refractivity contribution in [2.45, 2.75) is 50.0 Å². The first-order chi connectivity index (χ1) is 19.2. The van der Waals surface area contributed by atoms with E-state index in [1.54, 1.807) is 24.3 Å². The number of hydrogen-bond acceptors (Lipinski definition) is 5. The largest absolute Gasteiger partial charge is 0.573 e. The summed E-state index contributed by atoms with van der Waals surface area (Å²) < 4.78 is 54.9. The fraction of sp³-hybridized carbons (Fsp3) is 0.267. The third-order valence-electron chi connectivity index (χ3n) is 7.27. The molecule has 2 aliphatic rings. The lowest BCUT2D eigenvalue weighted by atomic mass is 10.0. The third-order valence-corrected chi connectivity index (χ3v) is 7.59. The van der Waals surface area contributed by atoms with Crippen LogP contribution < -0.4 is 9.47 Å². The number of halogens is 4. The van der Waals surface area contributed by atoms with Gasteiger partial charge in [0.2, 0.25) is 0 Å². The van der Waals surface area contributed by atoms with Gasteiger partial charge in [0.05, 0.1) is 11.1 Å². The number of para-hydroxylation sites is 1. The van der Waals surface area contributed by atoms with Gasteiger partial charge < -0.3 is 19.1 Å². The zero-order valence-electron chi connectivity index (χ0n) is 21.0. The molecule has 6 nitrogen and oxygen atoms in total. The predicted molar refractivity (Wildman–Crippen MR) is 140 cm³/mol. The standard InChI is InChI=1S/C30H23ClF3NO5/c31-25-13-19(11-12-20(25)23-14-22(23)16-5-9-18(10-6-16)29(36)37)38-15-24-27(35-40-28(24)17-7-8-17)21-3-1-2-4-26(21)39-30(32,33)34/h1-6,9-13,17,22-23H,7-8,14-15H2,(H,36,37)/t22-,23+/m1/s1. The molecule has 4 aromatic rings. The highest BCUT2D eigenvalue weighted by Gasteiger charge is 2.41. The van der Waals surface area contributed by atoms with Crippen molar-refractivity contribution in [2.24, 2.45) is 0 Å². The summed E-state index contributed by atoms with van der Waals surface area (Å²) in [6.07, 6.45) is -2.13. The van der Waals surface area contributed by atoms with Gasteiger partial charge in [-0.2, -0.15) is 0 Å². The summed E-state index contributed by atoms with van der Waals surface area (Å²) in [6, 6.07) is 18.2. The lowest BCUT2D eigenvalue weighted by molar-refractivity contribution is -0.274. The summed E-state index contributed by atoms with van der Waals surface area (Å²) in [5.74, 6) is 0.410. The first-order valence-electron chi connectivity index (χ1n) is 12.8. The number of rotatable bonds is 9. The van der Waals surface area contributed by atoms with Gasteiger partial charge in [-0.3, -0.25) is 0 Å². The maximum atomic E-state index is 13.0. The average molecular weight is 570 g/mol. The van der Waals surface area contributed by atoms with E-state index in [9.17, 15) is 18.0 Å². The van der Waals surface area contributed by atoms with Crippen molar-refractivity contribution in [1.29, 1.82) is 0 Å². The molecule has 6 rings (SSSR count). The summed E-state index contributed by atoms with van der Waals surface area (Å²) >= 11 is 6.63. The molecule has 2 saturated carbocycles. The van der Waals surface area contributed by atoms with Crippen molar-refractivity contribution >= 4 is 17.6 Å². The van der Waals surface area contributed by atoms with Crippen molar-refractivity contribution in [3.05, 3.63) is 99.8 Å². The zero-order valence-corrected chi connectivity index (χ0v) is 21.7. The van der Waals surface area contributed by atoms with Crippen molar-refractivity contribution in [1.82, 2.24) is 5.16 Å². The molecule has 1 heterocycles. The van der Waals surface area contributed by atoms with Crippen LogP contribution in [0.4, 0.5) is 13.2 Å². The number of alkyl halides is 3. The van der Waals surface area contributed by atoms with E-state index in [1.807, 2.05) is 24.3 Å². The van der Waals surface area contributed by atoms with E-state index in [0.29, 0.717) is 22.1 Å². The first kappa shape index (κ1) is 26.3. The predicted octanol–water partition coefficient (Wildman–Crippen LogP) is 8.32. The number of aromatic carboxylic acids is 1. The summed E-state index contributed by atoms with van der Waals surface area (Å²) in [5, 5.41) is 13.8. The lowest BCUT2D eigenvalue weighted by Gasteiger charge is -2.13. The number of carbonyl (C=O) groups is 1. The minimum Gasteiger partial charge on any atom is -0.489 e. The van der Waals surface area contributed by atoms with Gasteiger partial charge in [-0.1, -0.05) is 47.1 Å². The Morgan fingerprint density at radius 1 is 1.05 bits per heavy atom. The van der Waals surface area contributed by atoms with Crippen LogP contribution in [0, 0.1) is 0 Å². The van der Waals surface area contributed by atoms with Crippen LogP contribution in [-0.2, 0) is 6.61 Å². The molecule has 0 spiro atoms. The molecule has 1 N–H and O–H groups in total. The summed E-state index contributed by atoms with van der Waals surface area (Å²) in [4.78, 5) is 11.1. The Labute approximate surface area is 232 Å². The molecule has 0 radical (unpaired) electrons. The quantitative estimate of drug-likeness (QED) is 0.218. The minimum atomic E-state index is -4.85. The Hall–Kier alpha value is -3.98. The van der Waals surface area contributed by atoms with Gasteiger partial charge in [-0.25, -0.2) is 4.79 Å². The number of carboxylic acid groups (broad SMARTS) is 1. The van der Waals surface area contributed by atoms with Crippen molar-refractivity contribution in [2.75, 3.05) is 0 Å². The van der Waals surface area contributed by atoms with Crippen LogP contribution in [0.3, 0.4) is 0 Å². The SMILES string of the molecule is O=C(O)c1ccc([C@H]2C[C@H]2c2ccc(OCc3c(-c4ccccc4OC(F)(F)F)noc3C3CC3)cc2Cl)cc1. The number of hydrogen-bond donors (Lipinski definition) is 1. The summed E-state index contributed by atoms with van der Waals surface area (Å²) in [6.45, 7) is 0.0304. The second-order valence-electron chi connectivity index (χ2n) is 10.0. The Morgan fingerprint density at radius 2 is 1.80 bits per heavy atom. The number of ether oxygens (including phenoxy) is 2. The van der Waals surface area contributed by atoms with Crippen LogP contribution >= 0.6 is 11.6 Å². The zero-order chi connectivity index (χ0) is 28.0. The van der Waals surface area contributed by atoms with Gasteiger partial charge in [0, 0.05) is 16.5 Å². The minimum absolute atomic E-state index is 0.0304. The van der Waals surface area contributed by atoms with Crippen LogP contribution in [0.5, 0.6) is 11.5 Å². The van der Waals surface area contributed by atoms with E-state index in [2.05, 4.69) is 9.89 Å². The van der Waals surface area contributed by atoms with Crippen LogP contribution in [0.15, 0.2) is 71.3 Å². The van der Waals surface area contributed by atoms with E-state index in [1.165, 1.54) is 18.2 Å². The fourth-order valence-electron chi connectivity index (χ4n) is 5.05. The van der Waals surface area contributed by atoms with Gasteiger partial charge in [0.15, 0.2) is 0 Å². The fourth-order valence-corrected chi connectivity index (χ4v) is 5.36. The smallest absolute Gasteiger partial charge is 0.489 e. The molecule has 2 aliphatic carbocycles. The molecule has 1 aromatic heterocycles. The van der Waals surface area contributed by atoms with E-state index in [0.717, 1.165) is 30.4 Å². The van der Waals surface area contributed by atoms with Gasteiger partial charge in [0.25, 0.3) is 0 Å².